The smallest absolute Gasteiger partial charge is 0.404 e. The Bertz CT molecular complexity index is 1870. The van der Waals surface area contributed by atoms with Crippen LogP contribution >= 0.6 is 11.6 Å². The number of ether oxygens (including phenoxy) is 2. The Morgan fingerprint density at radius 2 is 1.96 bits per heavy atom. The molecule has 0 bridgehead atoms. The Hall–Kier alpha value is -4.78. The number of methoxy groups -OCH3 is 1. The van der Waals surface area contributed by atoms with E-state index in [0.29, 0.717) is 16.9 Å². The normalized spacial score (nSPS) is 12.3. The Morgan fingerprint density at radius 3 is 2.53 bits per heavy atom. The van der Waals surface area contributed by atoms with Crippen molar-refractivity contribution in [3.8, 4) is 22.7 Å². The molecule has 1 atom stereocenters. The van der Waals surface area contributed by atoms with E-state index in [1.165, 1.54) is 31.4 Å². The number of carbonyl (C=O) groups is 1. The molecule has 0 saturated heterocycles. The summed E-state index contributed by atoms with van der Waals surface area (Å²) in [5.74, 6) is -0.750. The number of anilines is 1. The first kappa shape index (κ1) is 33.1. The predicted octanol–water partition coefficient (Wildman–Crippen LogP) is 6.51. The molecule has 3 heterocycles. The second-order valence-electron chi connectivity index (χ2n) is 11.8. The van der Waals surface area contributed by atoms with E-state index in [2.05, 4.69) is 10.3 Å². The number of aromatic nitrogens is 3. The van der Waals surface area contributed by atoms with Crippen LogP contribution in [0.1, 0.15) is 51.8 Å². The fourth-order valence-electron chi connectivity index (χ4n) is 5.05. The summed E-state index contributed by atoms with van der Waals surface area (Å²) in [5.41, 5.74) is 3.81. The van der Waals surface area contributed by atoms with E-state index in [9.17, 15) is 19.7 Å². The molecule has 238 valence electrons. The molecule has 1 aromatic carbocycles. The predicted molar refractivity (Wildman–Crippen MR) is 170 cm³/mol. The van der Waals surface area contributed by atoms with Gasteiger partial charge in [0, 0.05) is 17.0 Å². The summed E-state index contributed by atoms with van der Waals surface area (Å²) in [6.45, 7) is 10.7. The highest BCUT2D eigenvalue weighted by Gasteiger charge is 2.33. The van der Waals surface area contributed by atoms with E-state index in [1.807, 2.05) is 13.8 Å². The molecule has 0 aliphatic heterocycles. The zero-order valence-corrected chi connectivity index (χ0v) is 26.7. The molecule has 1 unspecified atom stereocenters. The minimum Gasteiger partial charge on any atom is -0.496 e. The maximum absolute atomic E-state index is 15.3. The van der Waals surface area contributed by atoms with Crippen LogP contribution in [0.4, 0.5) is 20.6 Å². The van der Waals surface area contributed by atoms with Crippen LogP contribution in [0.15, 0.2) is 41.3 Å². The highest BCUT2D eigenvalue weighted by Crippen LogP contribution is 2.41. The lowest BCUT2D eigenvalue weighted by molar-refractivity contribution is -0.385. The van der Waals surface area contributed by atoms with Crippen LogP contribution in [0.3, 0.4) is 0 Å². The fourth-order valence-corrected chi connectivity index (χ4v) is 5.30. The zero-order chi connectivity index (χ0) is 33.4. The van der Waals surface area contributed by atoms with Crippen molar-refractivity contribution in [1.29, 1.82) is 0 Å². The number of aryl methyl sites for hydroxylation is 1. The highest BCUT2D eigenvalue weighted by atomic mass is 35.5. The number of benzene rings is 1. The van der Waals surface area contributed by atoms with E-state index < -0.39 is 39.6 Å². The van der Waals surface area contributed by atoms with Crippen LogP contribution in [0, 0.1) is 28.3 Å². The standard InChI is InChI=1S/C31H34ClFN6O6/c1-15(2)23-26(16(3)11-12-35-23)38-28-17(13-18(32)25(37-28)22-19(33)9-8-10-20(22)44-7)24(27(29(38)40)39(42)43)36-14-21(31(4,5)6)45-30(34)41/h8-13,15,21,36H,14H2,1-7H3,(H2,34,41). The van der Waals surface area contributed by atoms with Crippen LogP contribution in [0.2, 0.25) is 5.02 Å². The number of amides is 1. The van der Waals surface area contributed by atoms with Gasteiger partial charge < -0.3 is 20.5 Å². The van der Waals surface area contributed by atoms with Gasteiger partial charge in [-0.3, -0.25) is 24.5 Å². The number of primary amides is 1. The van der Waals surface area contributed by atoms with Gasteiger partial charge in [-0.15, -0.1) is 0 Å². The summed E-state index contributed by atoms with van der Waals surface area (Å²) in [6.07, 6.45) is -0.310. The van der Waals surface area contributed by atoms with Gasteiger partial charge in [-0.2, -0.15) is 0 Å². The third-order valence-electron chi connectivity index (χ3n) is 7.31. The summed E-state index contributed by atoms with van der Waals surface area (Å²) in [4.78, 5) is 46.9. The zero-order valence-electron chi connectivity index (χ0n) is 25.9. The molecule has 4 rings (SSSR count). The van der Waals surface area contributed by atoms with E-state index in [-0.39, 0.29) is 51.2 Å². The topological polar surface area (TPSA) is 164 Å². The first-order chi connectivity index (χ1) is 21.1. The van der Waals surface area contributed by atoms with Crippen LogP contribution < -0.4 is 21.3 Å². The van der Waals surface area contributed by atoms with E-state index in [0.717, 1.165) is 4.57 Å². The van der Waals surface area contributed by atoms with Crippen LogP contribution in [0.25, 0.3) is 28.0 Å². The molecule has 0 aliphatic rings. The summed E-state index contributed by atoms with van der Waals surface area (Å²) in [7, 11) is 1.36. The van der Waals surface area contributed by atoms with Crippen LogP contribution in [-0.2, 0) is 4.74 Å². The molecule has 45 heavy (non-hydrogen) atoms. The highest BCUT2D eigenvalue weighted by molar-refractivity contribution is 6.34. The number of halogens is 2. The van der Waals surface area contributed by atoms with Crippen molar-refractivity contribution in [2.45, 2.75) is 53.6 Å². The van der Waals surface area contributed by atoms with Crippen molar-refractivity contribution >= 4 is 40.1 Å². The van der Waals surface area contributed by atoms with Crippen molar-refractivity contribution in [2.24, 2.45) is 11.1 Å². The van der Waals surface area contributed by atoms with Crippen LogP contribution in [0.5, 0.6) is 5.75 Å². The number of rotatable bonds is 9. The maximum atomic E-state index is 15.3. The number of nitro groups is 1. The molecule has 14 heteroatoms. The van der Waals surface area contributed by atoms with Gasteiger partial charge in [-0.05, 0) is 42.7 Å². The summed E-state index contributed by atoms with van der Waals surface area (Å²) < 4.78 is 27.1. The van der Waals surface area contributed by atoms with Crippen molar-refractivity contribution in [2.75, 3.05) is 19.0 Å². The van der Waals surface area contributed by atoms with E-state index >= 15 is 4.39 Å². The molecule has 0 saturated carbocycles. The first-order valence-corrected chi connectivity index (χ1v) is 14.4. The summed E-state index contributed by atoms with van der Waals surface area (Å²) in [6, 6.07) is 7.25. The number of nitrogens with one attached hydrogen (secondary N) is 1. The first-order valence-electron chi connectivity index (χ1n) is 14.0. The molecule has 0 aliphatic carbocycles. The molecule has 0 spiro atoms. The lowest BCUT2D eigenvalue weighted by atomic mass is 9.89. The van der Waals surface area contributed by atoms with Crippen LogP contribution in [-0.4, -0.2) is 45.3 Å². The van der Waals surface area contributed by atoms with Gasteiger partial charge in [-0.25, -0.2) is 14.2 Å². The monoisotopic (exact) mass is 640 g/mol. The number of hydrogen-bond acceptors (Lipinski definition) is 9. The lowest BCUT2D eigenvalue weighted by Gasteiger charge is -2.30. The maximum Gasteiger partial charge on any atom is 0.404 e. The largest absolute Gasteiger partial charge is 0.496 e. The third kappa shape index (κ3) is 6.39. The minimum atomic E-state index is -1.03. The summed E-state index contributed by atoms with van der Waals surface area (Å²) >= 11 is 6.73. The molecule has 12 nitrogen and oxygen atoms in total. The molecular weight excluding hydrogens is 607 g/mol. The second-order valence-corrected chi connectivity index (χ2v) is 12.2. The number of carbonyl (C=O) groups excluding carboxylic acids is 1. The van der Waals surface area contributed by atoms with Gasteiger partial charge in [0.1, 0.15) is 23.4 Å². The van der Waals surface area contributed by atoms with E-state index in [1.54, 1.807) is 40.0 Å². The number of pyridine rings is 3. The van der Waals surface area contributed by atoms with Gasteiger partial charge in [-0.1, -0.05) is 52.3 Å². The molecule has 1 amide bonds. The average Bonchev–Trinajstić information content (AvgIpc) is 2.94. The number of nitrogens with zero attached hydrogens (tertiary/aromatic N) is 4. The number of fused-ring (bicyclic) bond motifs is 1. The molecule has 0 fully saturated rings. The number of hydrogen-bond donors (Lipinski definition) is 2. The van der Waals surface area contributed by atoms with Crippen molar-refractivity contribution in [1.82, 2.24) is 14.5 Å². The molecular formula is C31H34ClFN6O6. The van der Waals surface area contributed by atoms with Crippen molar-refractivity contribution < 1.29 is 23.6 Å². The van der Waals surface area contributed by atoms with Gasteiger partial charge in [0.15, 0.2) is 5.65 Å². The van der Waals surface area contributed by atoms with Gasteiger partial charge in [0.25, 0.3) is 0 Å². The van der Waals surface area contributed by atoms with E-state index in [4.69, 9.17) is 31.8 Å². The van der Waals surface area contributed by atoms with Gasteiger partial charge >= 0.3 is 17.3 Å². The SMILES string of the molecule is COc1cccc(F)c1-c1nc2c(cc1Cl)c(NCC(OC(N)=O)C(C)(C)C)c([N+](=O)[O-])c(=O)n2-c1c(C)ccnc1C(C)C. The third-order valence-corrected chi connectivity index (χ3v) is 7.60. The Morgan fingerprint density at radius 1 is 1.27 bits per heavy atom. The lowest BCUT2D eigenvalue weighted by Crippen LogP contribution is -2.39. The molecule has 4 aromatic rings. The molecule has 3 N–H and O–H groups in total. The summed E-state index contributed by atoms with van der Waals surface area (Å²) in [5, 5.41) is 15.6. The number of nitrogens with two attached hydrogens (primary N) is 1. The quantitative estimate of drug-likeness (QED) is 0.153. The average molecular weight is 641 g/mol. The Kier molecular flexibility index (Phi) is 9.33. The van der Waals surface area contributed by atoms with Gasteiger partial charge in [0.05, 0.1) is 46.2 Å². The van der Waals surface area contributed by atoms with Gasteiger partial charge in [0.2, 0.25) is 0 Å². The second kappa shape index (κ2) is 12.7. The Labute approximate surface area is 263 Å². The molecule has 0 radical (unpaired) electrons. The molecule has 3 aromatic heterocycles. The fraction of sp³-hybridized carbons (Fsp3) is 0.355. The minimum absolute atomic E-state index is 0.0515. The van der Waals surface area contributed by atoms with Crippen molar-refractivity contribution in [3.05, 3.63) is 79.1 Å². The van der Waals surface area contributed by atoms with Crippen molar-refractivity contribution in [3.63, 3.8) is 0 Å². The Balaban J connectivity index is 2.18.